The molecule has 1 aromatic carbocycles. The van der Waals surface area contributed by atoms with E-state index in [-0.39, 0.29) is 0 Å². The molecule has 2 N–H and O–H groups in total. The van der Waals surface area contributed by atoms with Crippen molar-refractivity contribution in [2.75, 3.05) is 39.8 Å². The number of benzene rings is 1. The van der Waals surface area contributed by atoms with Gasteiger partial charge in [-0.2, -0.15) is 0 Å². The SMILES string of the molecule is CCN(CC)CCNC(=NC)NCCCn1ccc2ccccc21. The highest BCUT2D eigenvalue weighted by atomic mass is 15.2. The number of rotatable bonds is 9. The Balaban J connectivity index is 1.68. The zero-order valence-electron chi connectivity index (χ0n) is 15.3. The average Bonchev–Trinajstić information content (AvgIpc) is 3.04. The molecule has 1 heterocycles. The van der Waals surface area contributed by atoms with Crippen LogP contribution in [-0.4, -0.2) is 55.2 Å². The molecular weight excluding hydrogens is 298 g/mol. The predicted octanol–water partition coefficient (Wildman–Crippen LogP) is 2.54. The van der Waals surface area contributed by atoms with Crippen molar-refractivity contribution in [3.8, 4) is 0 Å². The van der Waals surface area contributed by atoms with E-state index in [0.717, 1.165) is 51.6 Å². The Bertz CT molecular complexity index is 627. The van der Waals surface area contributed by atoms with Crippen LogP contribution in [0, 0.1) is 0 Å². The van der Waals surface area contributed by atoms with Gasteiger partial charge in [0.15, 0.2) is 5.96 Å². The Kier molecular flexibility index (Phi) is 7.62. The van der Waals surface area contributed by atoms with Crippen molar-refractivity contribution in [1.82, 2.24) is 20.1 Å². The topological polar surface area (TPSA) is 44.6 Å². The van der Waals surface area contributed by atoms with Crippen molar-refractivity contribution >= 4 is 16.9 Å². The predicted molar refractivity (Wildman–Crippen MR) is 104 cm³/mol. The summed E-state index contributed by atoms with van der Waals surface area (Å²) in [6.07, 6.45) is 3.23. The van der Waals surface area contributed by atoms with Gasteiger partial charge in [0.05, 0.1) is 0 Å². The summed E-state index contributed by atoms with van der Waals surface area (Å²) in [7, 11) is 1.83. The number of fused-ring (bicyclic) bond motifs is 1. The lowest BCUT2D eigenvalue weighted by molar-refractivity contribution is 0.308. The van der Waals surface area contributed by atoms with Gasteiger partial charge in [-0.25, -0.2) is 0 Å². The van der Waals surface area contributed by atoms with E-state index in [1.54, 1.807) is 0 Å². The summed E-state index contributed by atoms with van der Waals surface area (Å²) in [6, 6.07) is 10.7. The quantitative estimate of drug-likeness (QED) is 0.422. The highest BCUT2D eigenvalue weighted by Gasteiger charge is 2.02. The zero-order chi connectivity index (χ0) is 17.2. The second-order valence-electron chi connectivity index (χ2n) is 5.87. The van der Waals surface area contributed by atoms with Gasteiger partial charge in [0.1, 0.15) is 0 Å². The average molecular weight is 329 g/mol. The molecule has 0 bridgehead atoms. The first-order valence-corrected chi connectivity index (χ1v) is 8.99. The fraction of sp³-hybridized carbons (Fsp3) is 0.526. The summed E-state index contributed by atoms with van der Waals surface area (Å²) in [5.41, 5.74) is 1.30. The Hall–Kier alpha value is -2.01. The van der Waals surface area contributed by atoms with Gasteiger partial charge in [-0.1, -0.05) is 32.0 Å². The number of aryl methyl sites for hydroxylation is 1. The van der Waals surface area contributed by atoms with Gasteiger partial charge in [0.25, 0.3) is 0 Å². The van der Waals surface area contributed by atoms with E-state index >= 15 is 0 Å². The van der Waals surface area contributed by atoms with E-state index in [0.29, 0.717) is 0 Å². The largest absolute Gasteiger partial charge is 0.356 e. The summed E-state index contributed by atoms with van der Waals surface area (Å²) < 4.78 is 2.31. The van der Waals surface area contributed by atoms with Crippen molar-refractivity contribution in [2.45, 2.75) is 26.8 Å². The van der Waals surface area contributed by atoms with Crippen molar-refractivity contribution < 1.29 is 0 Å². The van der Waals surface area contributed by atoms with Crippen LogP contribution in [0.3, 0.4) is 0 Å². The van der Waals surface area contributed by atoms with Gasteiger partial charge < -0.3 is 20.1 Å². The van der Waals surface area contributed by atoms with E-state index in [1.807, 2.05) is 7.05 Å². The van der Waals surface area contributed by atoms with Crippen LogP contribution in [0.15, 0.2) is 41.5 Å². The molecule has 0 aliphatic carbocycles. The Morgan fingerprint density at radius 2 is 1.83 bits per heavy atom. The molecule has 0 saturated carbocycles. The molecule has 24 heavy (non-hydrogen) atoms. The molecule has 0 amide bonds. The van der Waals surface area contributed by atoms with Gasteiger partial charge in [-0.3, -0.25) is 4.99 Å². The summed E-state index contributed by atoms with van der Waals surface area (Å²) in [4.78, 5) is 6.69. The minimum Gasteiger partial charge on any atom is -0.356 e. The number of nitrogens with one attached hydrogen (secondary N) is 2. The number of aliphatic imine (C=N–C) groups is 1. The fourth-order valence-electron chi connectivity index (χ4n) is 2.88. The smallest absolute Gasteiger partial charge is 0.191 e. The first-order chi connectivity index (χ1) is 11.8. The molecule has 2 aromatic rings. The molecule has 0 spiro atoms. The van der Waals surface area contributed by atoms with Crippen LogP contribution in [0.1, 0.15) is 20.3 Å². The Morgan fingerprint density at radius 3 is 2.58 bits per heavy atom. The molecule has 1 aromatic heterocycles. The lowest BCUT2D eigenvalue weighted by Crippen LogP contribution is -2.42. The molecule has 2 rings (SSSR count). The molecule has 0 saturated heterocycles. The third-order valence-corrected chi connectivity index (χ3v) is 4.39. The monoisotopic (exact) mass is 329 g/mol. The van der Waals surface area contributed by atoms with Crippen molar-refractivity contribution in [3.05, 3.63) is 36.5 Å². The lowest BCUT2D eigenvalue weighted by Gasteiger charge is -2.19. The number of para-hydroxylation sites is 1. The molecule has 0 atom stereocenters. The van der Waals surface area contributed by atoms with E-state index in [4.69, 9.17) is 0 Å². The number of hydrogen-bond acceptors (Lipinski definition) is 2. The summed E-state index contributed by atoms with van der Waals surface area (Å²) in [5, 5.41) is 8.08. The third-order valence-electron chi connectivity index (χ3n) is 4.39. The molecular formula is C19H31N5. The van der Waals surface area contributed by atoms with Gasteiger partial charge in [0, 0.05) is 44.9 Å². The molecule has 5 nitrogen and oxygen atoms in total. The summed E-state index contributed by atoms with van der Waals surface area (Å²) in [6.45, 7) is 10.5. The number of likely N-dealkylation sites (N-methyl/N-ethyl adjacent to an activating group) is 1. The maximum atomic E-state index is 4.29. The highest BCUT2D eigenvalue weighted by molar-refractivity contribution is 5.80. The molecule has 132 valence electrons. The van der Waals surface area contributed by atoms with Crippen LogP contribution in [-0.2, 0) is 6.54 Å². The summed E-state index contributed by atoms with van der Waals surface area (Å²) in [5.74, 6) is 0.888. The normalized spacial score (nSPS) is 12.1. The second kappa shape index (κ2) is 9.98. The number of aromatic nitrogens is 1. The van der Waals surface area contributed by atoms with Gasteiger partial charge in [-0.05, 0) is 37.0 Å². The van der Waals surface area contributed by atoms with Crippen LogP contribution in [0.5, 0.6) is 0 Å². The minimum atomic E-state index is 0.888. The molecule has 0 radical (unpaired) electrons. The standard InChI is InChI=1S/C19H31N5/c1-4-23(5-2)16-13-22-19(20-3)21-12-8-14-24-15-11-17-9-6-7-10-18(17)24/h6-7,9-11,15H,4-5,8,12-14,16H2,1-3H3,(H2,20,21,22). The van der Waals surface area contributed by atoms with Crippen LogP contribution in [0.2, 0.25) is 0 Å². The van der Waals surface area contributed by atoms with E-state index in [1.165, 1.54) is 10.9 Å². The number of guanidine groups is 1. The molecule has 0 aliphatic heterocycles. The van der Waals surface area contributed by atoms with Crippen molar-refractivity contribution in [2.24, 2.45) is 4.99 Å². The van der Waals surface area contributed by atoms with Gasteiger partial charge >= 0.3 is 0 Å². The van der Waals surface area contributed by atoms with Gasteiger partial charge in [-0.15, -0.1) is 0 Å². The Labute approximate surface area is 145 Å². The van der Waals surface area contributed by atoms with Crippen LogP contribution in [0.25, 0.3) is 10.9 Å². The zero-order valence-corrected chi connectivity index (χ0v) is 15.3. The number of hydrogen-bond donors (Lipinski definition) is 2. The second-order valence-corrected chi connectivity index (χ2v) is 5.87. The van der Waals surface area contributed by atoms with Crippen LogP contribution < -0.4 is 10.6 Å². The Morgan fingerprint density at radius 1 is 1.08 bits per heavy atom. The maximum absolute atomic E-state index is 4.29. The van der Waals surface area contributed by atoms with Crippen LogP contribution >= 0.6 is 0 Å². The molecule has 5 heteroatoms. The molecule has 0 aliphatic rings. The van der Waals surface area contributed by atoms with E-state index in [9.17, 15) is 0 Å². The molecule has 0 fully saturated rings. The third kappa shape index (κ3) is 5.27. The van der Waals surface area contributed by atoms with Crippen molar-refractivity contribution in [1.29, 1.82) is 0 Å². The molecule has 0 unspecified atom stereocenters. The number of nitrogens with zero attached hydrogens (tertiary/aromatic N) is 3. The minimum absolute atomic E-state index is 0.888. The maximum Gasteiger partial charge on any atom is 0.191 e. The van der Waals surface area contributed by atoms with E-state index in [2.05, 4.69) is 75.5 Å². The first-order valence-electron chi connectivity index (χ1n) is 8.99. The van der Waals surface area contributed by atoms with Crippen molar-refractivity contribution in [3.63, 3.8) is 0 Å². The fourth-order valence-corrected chi connectivity index (χ4v) is 2.88. The highest BCUT2D eigenvalue weighted by Crippen LogP contribution is 2.15. The van der Waals surface area contributed by atoms with Crippen LogP contribution in [0.4, 0.5) is 0 Å². The van der Waals surface area contributed by atoms with E-state index < -0.39 is 0 Å². The summed E-state index contributed by atoms with van der Waals surface area (Å²) >= 11 is 0. The lowest BCUT2D eigenvalue weighted by atomic mass is 10.2. The first kappa shape index (κ1) is 18.3. The van der Waals surface area contributed by atoms with Gasteiger partial charge in [0.2, 0.25) is 0 Å².